The topological polar surface area (TPSA) is 95.6 Å². The highest BCUT2D eigenvalue weighted by Crippen LogP contribution is 2.36. The summed E-state index contributed by atoms with van der Waals surface area (Å²) >= 11 is 0. The van der Waals surface area contributed by atoms with Gasteiger partial charge in [-0.25, -0.2) is 0 Å². The maximum Gasteiger partial charge on any atom is 0.356 e. The molecule has 21 heavy (non-hydrogen) atoms. The highest BCUT2D eigenvalue weighted by atomic mass is 31.2. The van der Waals surface area contributed by atoms with Crippen molar-refractivity contribution in [2.75, 3.05) is 17.6 Å². The van der Waals surface area contributed by atoms with Gasteiger partial charge in [0.25, 0.3) is 0 Å². The fraction of sp³-hybridized carbons (Fsp3) is 0.0667. The first-order valence-corrected chi connectivity index (χ1v) is 8.06. The maximum atomic E-state index is 11.1. The first-order valence-electron chi connectivity index (χ1n) is 6.44. The van der Waals surface area contributed by atoms with Crippen LogP contribution in [0.5, 0.6) is 0 Å². The van der Waals surface area contributed by atoms with Crippen molar-refractivity contribution in [2.24, 2.45) is 0 Å². The van der Waals surface area contributed by atoms with Crippen LogP contribution in [0.4, 0.5) is 11.4 Å². The Morgan fingerprint density at radius 3 is 2.52 bits per heavy atom. The van der Waals surface area contributed by atoms with Gasteiger partial charge in [0, 0.05) is 12.1 Å². The van der Waals surface area contributed by atoms with Gasteiger partial charge in [0.1, 0.15) is 0 Å². The lowest BCUT2D eigenvalue weighted by Gasteiger charge is -2.05. The van der Waals surface area contributed by atoms with Crippen LogP contribution in [0.25, 0.3) is 11.6 Å². The van der Waals surface area contributed by atoms with Crippen LogP contribution in [0, 0.1) is 0 Å². The molecule has 5 N–H and O–H groups in total. The number of hydrogen-bond donors (Lipinski definition) is 4. The molecular weight excluding hydrogens is 287 g/mol. The van der Waals surface area contributed by atoms with Crippen LogP contribution >= 0.6 is 7.60 Å². The summed E-state index contributed by atoms with van der Waals surface area (Å²) in [5.41, 5.74) is 10.6. The summed E-state index contributed by atoms with van der Waals surface area (Å²) in [5, 5.41) is 3.28. The van der Waals surface area contributed by atoms with E-state index in [2.05, 4.69) is 5.32 Å². The summed E-state index contributed by atoms with van der Waals surface area (Å²) in [5.74, 6) is 0. The predicted molar refractivity (Wildman–Crippen MR) is 85.3 cm³/mol. The quantitative estimate of drug-likeness (QED) is 0.503. The molecule has 0 saturated carbocycles. The largest absolute Gasteiger partial charge is 0.397 e. The van der Waals surface area contributed by atoms with E-state index in [-0.39, 0.29) is 5.30 Å². The van der Waals surface area contributed by atoms with E-state index in [1.54, 1.807) is 12.1 Å². The molecule has 1 aliphatic heterocycles. The molecule has 6 heteroatoms. The molecule has 108 valence electrons. The first-order chi connectivity index (χ1) is 9.95. The van der Waals surface area contributed by atoms with Gasteiger partial charge in [-0.1, -0.05) is 24.3 Å². The lowest BCUT2D eigenvalue weighted by Crippen LogP contribution is -2.02. The van der Waals surface area contributed by atoms with Gasteiger partial charge in [-0.05, 0) is 35.4 Å². The lowest BCUT2D eigenvalue weighted by molar-refractivity contribution is 0.387. The zero-order chi connectivity index (χ0) is 15.0. The van der Waals surface area contributed by atoms with E-state index in [0.29, 0.717) is 12.2 Å². The lowest BCUT2D eigenvalue weighted by atomic mass is 10.0. The van der Waals surface area contributed by atoms with E-state index in [9.17, 15) is 4.57 Å². The molecule has 1 heterocycles. The van der Waals surface area contributed by atoms with Crippen LogP contribution in [0.3, 0.4) is 0 Å². The van der Waals surface area contributed by atoms with E-state index < -0.39 is 7.60 Å². The zero-order valence-corrected chi connectivity index (χ0v) is 12.0. The molecule has 0 fully saturated rings. The Hall–Kier alpha value is -2.07. The van der Waals surface area contributed by atoms with Crippen molar-refractivity contribution in [3.05, 3.63) is 53.6 Å². The Balaban J connectivity index is 1.95. The minimum Gasteiger partial charge on any atom is -0.397 e. The number of fused-ring (bicyclic) bond motifs is 1. The number of nitrogens with two attached hydrogens (primary N) is 1. The van der Waals surface area contributed by atoms with Crippen LogP contribution < -0.4 is 16.4 Å². The van der Waals surface area contributed by atoms with Crippen LogP contribution in [0.15, 0.2) is 42.5 Å². The monoisotopic (exact) mass is 302 g/mol. The van der Waals surface area contributed by atoms with E-state index in [1.807, 2.05) is 24.3 Å². The molecule has 0 aromatic heterocycles. The Labute approximate surface area is 122 Å². The summed E-state index contributed by atoms with van der Waals surface area (Å²) in [6.07, 6.45) is 1.99. The SMILES string of the molecule is Nc1cccc2c1NCC2=Cc1ccc(P(=O)(O)O)cc1. The van der Waals surface area contributed by atoms with E-state index in [4.69, 9.17) is 15.5 Å². The Morgan fingerprint density at radius 1 is 1.14 bits per heavy atom. The molecule has 0 amide bonds. The van der Waals surface area contributed by atoms with Crippen molar-refractivity contribution in [1.82, 2.24) is 0 Å². The maximum absolute atomic E-state index is 11.1. The third kappa shape index (κ3) is 2.72. The summed E-state index contributed by atoms with van der Waals surface area (Å²) in [6, 6.07) is 12.1. The number of nitrogen functional groups attached to an aromatic ring is 1. The molecule has 0 aliphatic carbocycles. The van der Waals surface area contributed by atoms with Crippen LogP contribution in [-0.4, -0.2) is 16.3 Å². The van der Waals surface area contributed by atoms with Gasteiger partial charge < -0.3 is 20.8 Å². The van der Waals surface area contributed by atoms with Crippen LogP contribution in [0.2, 0.25) is 0 Å². The van der Waals surface area contributed by atoms with Gasteiger partial charge in [-0.2, -0.15) is 0 Å². The van der Waals surface area contributed by atoms with Gasteiger partial charge in [0.05, 0.1) is 16.7 Å². The number of rotatable bonds is 2. The highest BCUT2D eigenvalue weighted by molar-refractivity contribution is 7.60. The second-order valence-electron chi connectivity index (χ2n) is 4.93. The second-order valence-corrected chi connectivity index (χ2v) is 6.53. The molecule has 0 saturated heterocycles. The van der Waals surface area contributed by atoms with Crippen molar-refractivity contribution in [1.29, 1.82) is 0 Å². The molecule has 2 aromatic carbocycles. The number of anilines is 2. The van der Waals surface area contributed by atoms with Gasteiger partial charge in [-0.3, -0.25) is 4.57 Å². The predicted octanol–water partition coefficient (Wildman–Crippen LogP) is 2.04. The highest BCUT2D eigenvalue weighted by Gasteiger charge is 2.18. The van der Waals surface area contributed by atoms with Gasteiger partial charge >= 0.3 is 7.60 Å². The van der Waals surface area contributed by atoms with Crippen molar-refractivity contribution in [2.45, 2.75) is 0 Å². The molecule has 2 aromatic rings. The van der Waals surface area contributed by atoms with Crippen molar-refractivity contribution in [3.63, 3.8) is 0 Å². The van der Waals surface area contributed by atoms with Crippen molar-refractivity contribution in [3.8, 4) is 0 Å². The summed E-state index contributed by atoms with van der Waals surface area (Å²) < 4.78 is 11.1. The van der Waals surface area contributed by atoms with E-state index >= 15 is 0 Å². The standard InChI is InChI=1S/C15H15N2O3P/c16-14-3-1-2-13-11(9-17-15(13)14)8-10-4-6-12(7-5-10)21(18,19)20/h1-8,17H,9,16H2,(H2,18,19,20). The fourth-order valence-electron chi connectivity index (χ4n) is 2.41. The second kappa shape index (κ2) is 5.04. The molecule has 0 bridgehead atoms. The van der Waals surface area contributed by atoms with Crippen LogP contribution in [0.1, 0.15) is 11.1 Å². The fourth-order valence-corrected chi connectivity index (χ4v) is 2.95. The molecule has 0 unspecified atom stereocenters. The van der Waals surface area contributed by atoms with E-state index in [0.717, 1.165) is 22.4 Å². The van der Waals surface area contributed by atoms with Gasteiger partial charge in [-0.15, -0.1) is 0 Å². The van der Waals surface area contributed by atoms with Crippen LogP contribution in [-0.2, 0) is 4.57 Å². The normalized spacial score (nSPS) is 15.8. The number of benzene rings is 2. The average molecular weight is 302 g/mol. The third-order valence-corrected chi connectivity index (χ3v) is 4.44. The minimum atomic E-state index is -4.18. The number of nitrogens with one attached hydrogen (secondary N) is 1. The Kier molecular flexibility index (Phi) is 3.33. The minimum absolute atomic E-state index is 0.0267. The zero-order valence-electron chi connectivity index (χ0n) is 11.2. The molecular formula is C15H15N2O3P. The number of hydrogen-bond acceptors (Lipinski definition) is 3. The molecule has 0 radical (unpaired) electrons. The summed E-state index contributed by atoms with van der Waals surface area (Å²) in [7, 11) is -4.18. The average Bonchev–Trinajstić information content (AvgIpc) is 2.83. The molecule has 0 atom stereocenters. The molecule has 0 spiro atoms. The Bertz CT molecular complexity index is 763. The van der Waals surface area contributed by atoms with Gasteiger partial charge in [0.15, 0.2) is 0 Å². The number of para-hydroxylation sites is 1. The molecule has 1 aliphatic rings. The Morgan fingerprint density at radius 2 is 1.86 bits per heavy atom. The summed E-state index contributed by atoms with van der Waals surface area (Å²) in [4.78, 5) is 18.2. The van der Waals surface area contributed by atoms with Gasteiger partial charge in [0.2, 0.25) is 0 Å². The van der Waals surface area contributed by atoms with E-state index in [1.165, 1.54) is 12.1 Å². The third-order valence-electron chi connectivity index (χ3n) is 3.47. The van der Waals surface area contributed by atoms with Crippen molar-refractivity contribution < 1.29 is 14.4 Å². The molecule has 5 nitrogen and oxygen atoms in total. The summed E-state index contributed by atoms with van der Waals surface area (Å²) in [6.45, 7) is 0.684. The first kappa shape index (κ1) is 13.9. The smallest absolute Gasteiger partial charge is 0.356 e. The molecule has 3 rings (SSSR count). The van der Waals surface area contributed by atoms with Crippen molar-refractivity contribution >= 4 is 35.9 Å².